The number of aromatic nitrogens is 2. The number of benzene rings is 1. The number of nitrogens with two attached hydrogens (primary N) is 1. The normalized spacial score (nSPS) is 12.7. The minimum absolute atomic E-state index is 0.153. The van der Waals surface area contributed by atoms with Gasteiger partial charge in [-0.25, -0.2) is 4.79 Å². The average molecular weight is 444 g/mol. The van der Waals surface area contributed by atoms with Crippen molar-refractivity contribution < 1.29 is 9.59 Å². The summed E-state index contributed by atoms with van der Waals surface area (Å²) in [7, 11) is 0. The maximum absolute atomic E-state index is 12.7. The number of thioether (sulfide) groups is 1. The standard InChI is InChI=1S/C22H29N5O3S/c1-3-26(4-2)12-13-27-18-7-5-6-17(18)21(25-22(27)30)31-14-19(28)24-16-10-8-15(9-11-16)20(23)29/h8-11H,3-7,12-14H2,1-2H3,(H2,23,29)(H,24,28). The number of amides is 2. The number of fused-ring (bicyclic) bond motifs is 1. The first-order valence-corrected chi connectivity index (χ1v) is 11.6. The molecule has 0 spiro atoms. The molecule has 9 heteroatoms. The lowest BCUT2D eigenvalue weighted by Crippen LogP contribution is -2.34. The topological polar surface area (TPSA) is 110 Å². The molecule has 166 valence electrons. The van der Waals surface area contributed by atoms with Crippen LogP contribution in [0.5, 0.6) is 0 Å². The monoisotopic (exact) mass is 443 g/mol. The van der Waals surface area contributed by atoms with Crippen molar-refractivity contribution in [2.45, 2.75) is 44.7 Å². The second kappa shape index (κ2) is 10.6. The molecule has 1 aliphatic rings. The number of likely N-dealkylation sites (N-methyl/N-ethyl adjacent to an activating group) is 1. The van der Waals surface area contributed by atoms with Gasteiger partial charge in [-0.2, -0.15) is 4.98 Å². The zero-order valence-corrected chi connectivity index (χ0v) is 18.8. The van der Waals surface area contributed by atoms with Crippen LogP contribution in [0.4, 0.5) is 5.69 Å². The lowest BCUT2D eigenvalue weighted by Gasteiger charge is -2.20. The molecule has 3 N–H and O–H groups in total. The number of anilines is 1. The van der Waals surface area contributed by atoms with E-state index >= 15 is 0 Å². The van der Waals surface area contributed by atoms with Crippen molar-refractivity contribution in [2.75, 3.05) is 30.7 Å². The Kier molecular flexibility index (Phi) is 7.86. The van der Waals surface area contributed by atoms with E-state index in [-0.39, 0.29) is 17.3 Å². The molecule has 0 unspecified atom stereocenters. The second-order valence-corrected chi connectivity index (χ2v) is 8.40. The Morgan fingerprint density at radius 3 is 2.55 bits per heavy atom. The minimum Gasteiger partial charge on any atom is -0.366 e. The summed E-state index contributed by atoms with van der Waals surface area (Å²) in [5, 5.41) is 3.45. The average Bonchev–Trinajstić information content (AvgIpc) is 3.24. The Morgan fingerprint density at radius 2 is 1.90 bits per heavy atom. The highest BCUT2D eigenvalue weighted by Crippen LogP contribution is 2.29. The maximum Gasteiger partial charge on any atom is 0.348 e. The lowest BCUT2D eigenvalue weighted by atomic mass is 10.2. The minimum atomic E-state index is -0.514. The molecular formula is C22H29N5O3S. The number of nitrogens with zero attached hydrogens (tertiary/aromatic N) is 3. The Labute approximate surface area is 186 Å². The predicted molar refractivity (Wildman–Crippen MR) is 123 cm³/mol. The first-order valence-electron chi connectivity index (χ1n) is 10.6. The van der Waals surface area contributed by atoms with Crippen molar-refractivity contribution in [1.82, 2.24) is 14.5 Å². The van der Waals surface area contributed by atoms with E-state index in [0.29, 0.717) is 22.8 Å². The van der Waals surface area contributed by atoms with Crippen molar-refractivity contribution in [3.63, 3.8) is 0 Å². The summed E-state index contributed by atoms with van der Waals surface area (Å²) in [6.45, 7) is 7.61. The predicted octanol–water partition coefficient (Wildman–Crippen LogP) is 1.90. The van der Waals surface area contributed by atoms with E-state index in [9.17, 15) is 14.4 Å². The van der Waals surface area contributed by atoms with Crippen LogP contribution in [-0.4, -0.2) is 51.7 Å². The maximum atomic E-state index is 12.7. The van der Waals surface area contributed by atoms with E-state index in [0.717, 1.165) is 50.2 Å². The summed E-state index contributed by atoms with van der Waals surface area (Å²) in [6, 6.07) is 6.40. The molecule has 0 saturated heterocycles. The molecule has 3 rings (SSSR count). The summed E-state index contributed by atoms with van der Waals surface area (Å²) in [5.41, 5.74) is 8.12. The van der Waals surface area contributed by atoms with Gasteiger partial charge in [0.15, 0.2) is 0 Å². The third-order valence-corrected chi connectivity index (χ3v) is 6.55. The van der Waals surface area contributed by atoms with Crippen molar-refractivity contribution in [3.05, 3.63) is 51.6 Å². The van der Waals surface area contributed by atoms with Crippen LogP contribution in [-0.2, 0) is 24.2 Å². The van der Waals surface area contributed by atoms with E-state index in [2.05, 4.69) is 29.0 Å². The number of primary amides is 1. The van der Waals surface area contributed by atoms with Gasteiger partial charge in [0.05, 0.1) is 5.75 Å². The molecule has 1 aliphatic carbocycles. The van der Waals surface area contributed by atoms with E-state index < -0.39 is 5.91 Å². The molecule has 1 aromatic heterocycles. The van der Waals surface area contributed by atoms with Crippen LogP contribution in [0, 0.1) is 0 Å². The van der Waals surface area contributed by atoms with Crippen molar-refractivity contribution >= 4 is 29.3 Å². The molecule has 0 atom stereocenters. The number of carbonyl (C=O) groups is 2. The van der Waals surface area contributed by atoms with Gasteiger partial charge in [0.1, 0.15) is 5.03 Å². The molecule has 2 aromatic rings. The summed E-state index contributed by atoms with van der Waals surface area (Å²) in [4.78, 5) is 42.8. The van der Waals surface area contributed by atoms with Gasteiger partial charge in [-0.15, -0.1) is 0 Å². The van der Waals surface area contributed by atoms with Crippen molar-refractivity contribution in [2.24, 2.45) is 5.73 Å². The molecule has 2 amide bonds. The van der Waals surface area contributed by atoms with E-state index in [1.165, 1.54) is 11.8 Å². The highest BCUT2D eigenvalue weighted by Gasteiger charge is 2.22. The smallest absolute Gasteiger partial charge is 0.348 e. The number of hydrogen-bond acceptors (Lipinski definition) is 6. The fourth-order valence-corrected chi connectivity index (χ4v) is 4.64. The Hall–Kier alpha value is -2.65. The fourth-order valence-electron chi connectivity index (χ4n) is 3.77. The molecule has 0 fully saturated rings. The summed E-state index contributed by atoms with van der Waals surface area (Å²) in [5.74, 6) is -0.559. The van der Waals surface area contributed by atoms with Crippen LogP contribution in [0.25, 0.3) is 0 Å². The zero-order valence-electron chi connectivity index (χ0n) is 18.0. The summed E-state index contributed by atoms with van der Waals surface area (Å²) >= 11 is 1.30. The third kappa shape index (κ3) is 5.74. The SMILES string of the molecule is CCN(CC)CCn1c2c(c(SCC(=O)Nc3ccc(C(N)=O)cc3)nc1=O)CCC2. The quantitative estimate of drug-likeness (QED) is 0.429. The molecule has 0 radical (unpaired) electrons. The van der Waals surface area contributed by atoms with Gasteiger partial charge in [-0.1, -0.05) is 25.6 Å². The first-order chi connectivity index (χ1) is 14.9. The van der Waals surface area contributed by atoms with Crippen molar-refractivity contribution in [1.29, 1.82) is 0 Å². The second-order valence-electron chi connectivity index (χ2n) is 7.44. The van der Waals surface area contributed by atoms with Gasteiger partial charge in [-0.05, 0) is 56.6 Å². The Morgan fingerprint density at radius 1 is 1.19 bits per heavy atom. The van der Waals surface area contributed by atoms with Gasteiger partial charge in [0.25, 0.3) is 0 Å². The van der Waals surface area contributed by atoms with Crippen molar-refractivity contribution in [3.8, 4) is 0 Å². The van der Waals surface area contributed by atoms with Crippen LogP contribution < -0.4 is 16.7 Å². The molecule has 8 nitrogen and oxygen atoms in total. The molecule has 0 bridgehead atoms. The third-order valence-electron chi connectivity index (χ3n) is 5.53. The van der Waals surface area contributed by atoms with Gasteiger partial charge < -0.3 is 16.0 Å². The number of rotatable bonds is 10. The Bertz CT molecular complexity index is 999. The number of carbonyl (C=O) groups excluding carboxylic acids is 2. The number of hydrogen-bond donors (Lipinski definition) is 2. The fraction of sp³-hybridized carbons (Fsp3) is 0.455. The molecule has 0 aliphatic heterocycles. The molecule has 1 heterocycles. The van der Waals surface area contributed by atoms with Gasteiger partial charge in [-0.3, -0.25) is 14.2 Å². The van der Waals surface area contributed by atoms with Crippen LogP contribution >= 0.6 is 11.8 Å². The summed E-state index contributed by atoms with van der Waals surface area (Å²) < 4.78 is 1.81. The van der Waals surface area contributed by atoms with Gasteiger partial charge in [0, 0.05) is 35.6 Å². The highest BCUT2D eigenvalue weighted by atomic mass is 32.2. The lowest BCUT2D eigenvalue weighted by molar-refractivity contribution is -0.113. The van der Waals surface area contributed by atoms with Crippen LogP contribution in [0.1, 0.15) is 41.9 Å². The molecule has 0 saturated carbocycles. The van der Waals surface area contributed by atoms with Crippen LogP contribution in [0.2, 0.25) is 0 Å². The van der Waals surface area contributed by atoms with E-state index in [1.54, 1.807) is 24.3 Å². The van der Waals surface area contributed by atoms with E-state index in [4.69, 9.17) is 5.73 Å². The van der Waals surface area contributed by atoms with Gasteiger partial charge >= 0.3 is 5.69 Å². The highest BCUT2D eigenvalue weighted by molar-refractivity contribution is 8.00. The van der Waals surface area contributed by atoms with Gasteiger partial charge in [0.2, 0.25) is 11.8 Å². The van der Waals surface area contributed by atoms with E-state index in [1.807, 2.05) is 4.57 Å². The molecular weight excluding hydrogens is 414 g/mol. The molecule has 1 aromatic carbocycles. The number of nitrogens with one attached hydrogen (secondary N) is 1. The summed E-state index contributed by atoms with van der Waals surface area (Å²) in [6.07, 6.45) is 2.75. The largest absolute Gasteiger partial charge is 0.366 e. The van der Waals surface area contributed by atoms with Crippen LogP contribution in [0.15, 0.2) is 34.1 Å². The first kappa shape index (κ1) is 23.0. The Balaban J connectivity index is 1.66. The molecule has 31 heavy (non-hydrogen) atoms. The van der Waals surface area contributed by atoms with Crippen LogP contribution in [0.3, 0.4) is 0 Å². The zero-order chi connectivity index (χ0) is 22.4.